The number of nitrogens with zero attached hydrogens (tertiary/aromatic N) is 1. The van der Waals surface area contributed by atoms with E-state index in [0.717, 1.165) is 19.3 Å². The number of ether oxygens (including phenoxy) is 2. The molecule has 4 saturated carbocycles. The highest BCUT2D eigenvalue weighted by atomic mass is 127. The number of para-hydroxylation sites is 1. The standard InChI is InChI=1S/C38H41IN2O9/c1-48-32-12-24(19-43)11-28(39)34(32)49-31-15-26(35(45)40-6-7-42)14-29(33(31)44)41(20-38-16-21-8-22(17-38)10-23(9-21)18-38)36(46)27-13-25-4-2-3-5-30(25)50-37(27)47/h2-5,11-13,15,19,21-23,29,31,33,42,44H,6-10,14,16-18,20H2,1H3,(H,40,45). The van der Waals surface area contributed by atoms with Gasteiger partial charge in [0.1, 0.15) is 29.6 Å². The summed E-state index contributed by atoms with van der Waals surface area (Å²) >= 11 is 2.02. The van der Waals surface area contributed by atoms with Crippen LogP contribution < -0.4 is 20.4 Å². The molecule has 3 N–H and O–H groups in total. The number of aliphatic hydroxyl groups excluding tert-OH is 2. The Balaban J connectivity index is 1.31. The first-order valence-corrected chi connectivity index (χ1v) is 18.3. The van der Waals surface area contributed by atoms with Crippen molar-refractivity contribution in [2.45, 2.75) is 63.2 Å². The second-order valence-corrected chi connectivity index (χ2v) is 15.7. The van der Waals surface area contributed by atoms with Gasteiger partial charge in [-0.1, -0.05) is 18.2 Å². The van der Waals surface area contributed by atoms with Gasteiger partial charge in [0, 0.05) is 36.0 Å². The van der Waals surface area contributed by atoms with Gasteiger partial charge in [-0.05, 0) is 115 Å². The first-order valence-electron chi connectivity index (χ1n) is 17.2. The Kier molecular flexibility index (Phi) is 9.79. The highest BCUT2D eigenvalue weighted by molar-refractivity contribution is 14.1. The van der Waals surface area contributed by atoms with Gasteiger partial charge in [0.2, 0.25) is 5.91 Å². The summed E-state index contributed by atoms with van der Waals surface area (Å²) in [5.74, 6) is 1.25. The lowest BCUT2D eigenvalue weighted by molar-refractivity contribution is -0.118. The van der Waals surface area contributed by atoms with E-state index in [1.165, 1.54) is 38.5 Å². The predicted octanol–water partition coefficient (Wildman–Crippen LogP) is 4.49. The van der Waals surface area contributed by atoms with E-state index in [2.05, 4.69) is 5.32 Å². The Morgan fingerprint density at radius 2 is 1.80 bits per heavy atom. The van der Waals surface area contributed by atoms with Crippen molar-refractivity contribution in [2.24, 2.45) is 23.2 Å². The van der Waals surface area contributed by atoms with Crippen LogP contribution in [0.2, 0.25) is 0 Å². The van der Waals surface area contributed by atoms with Gasteiger partial charge in [-0.3, -0.25) is 14.4 Å². The summed E-state index contributed by atoms with van der Waals surface area (Å²) in [5.41, 5.74) is -0.0787. The van der Waals surface area contributed by atoms with Gasteiger partial charge in [-0.2, -0.15) is 0 Å². The van der Waals surface area contributed by atoms with Crippen LogP contribution in [0.3, 0.4) is 0 Å². The van der Waals surface area contributed by atoms with E-state index < -0.39 is 35.7 Å². The summed E-state index contributed by atoms with van der Waals surface area (Å²) < 4.78 is 18.1. The Hall–Kier alpha value is -3.75. The minimum absolute atomic E-state index is 0.00633. The molecule has 0 aliphatic heterocycles. The molecule has 2 amide bonds. The Morgan fingerprint density at radius 1 is 1.10 bits per heavy atom. The number of hydrogen-bond acceptors (Lipinski definition) is 9. The van der Waals surface area contributed by atoms with Gasteiger partial charge in [-0.25, -0.2) is 4.79 Å². The minimum Gasteiger partial charge on any atom is -0.493 e. The quantitative estimate of drug-likeness (QED) is 0.145. The van der Waals surface area contributed by atoms with Crippen LogP contribution in [0.4, 0.5) is 0 Å². The molecule has 5 aliphatic carbocycles. The van der Waals surface area contributed by atoms with Crippen molar-refractivity contribution in [3.05, 3.63) is 79.2 Å². The van der Waals surface area contributed by atoms with Crippen LogP contribution in [0, 0.1) is 26.7 Å². The van der Waals surface area contributed by atoms with Gasteiger partial charge >= 0.3 is 5.63 Å². The zero-order valence-electron chi connectivity index (χ0n) is 27.8. The summed E-state index contributed by atoms with van der Waals surface area (Å²) in [4.78, 5) is 54.9. The van der Waals surface area contributed by atoms with Gasteiger partial charge < -0.3 is 34.3 Å². The lowest BCUT2D eigenvalue weighted by Crippen LogP contribution is -2.60. The van der Waals surface area contributed by atoms with Gasteiger partial charge in [0.05, 0.1) is 23.3 Å². The molecule has 8 rings (SSSR count). The molecule has 1 aromatic heterocycles. The largest absolute Gasteiger partial charge is 0.493 e. The van der Waals surface area contributed by atoms with Crippen molar-refractivity contribution in [3.8, 4) is 11.5 Å². The molecule has 11 nitrogen and oxygen atoms in total. The number of methoxy groups -OCH3 is 1. The third-order valence-electron chi connectivity index (χ3n) is 11.1. The molecule has 2 aromatic carbocycles. The van der Waals surface area contributed by atoms with Crippen molar-refractivity contribution < 1.29 is 38.5 Å². The van der Waals surface area contributed by atoms with Crippen LogP contribution in [0.5, 0.6) is 11.5 Å². The predicted molar refractivity (Wildman–Crippen MR) is 192 cm³/mol. The zero-order chi connectivity index (χ0) is 35.2. The average Bonchev–Trinajstić information content (AvgIpc) is 3.09. The molecule has 5 aliphatic rings. The Morgan fingerprint density at radius 3 is 2.46 bits per heavy atom. The maximum Gasteiger partial charge on any atom is 0.349 e. The summed E-state index contributed by atoms with van der Waals surface area (Å²) in [6, 6.07) is 10.7. The normalized spacial score (nSPS) is 28.2. The number of fused-ring (bicyclic) bond motifs is 1. The van der Waals surface area contributed by atoms with Crippen LogP contribution in [0.25, 0.3) is 11.0 Å². The number of carbonyl (C=O) groups excluding carboxylic acids is 3. The second-order valence-electron chi connectivity index (χ2n) is 14.5. The van der Waals surface area contributed by atoms with Gasteiger partial charge in [0.15, 0.2) is 11.5 Å². The van der Waals surface area contributed by atoms with Crippen LogP contribution in [-0.4, -0.2) is 78.3 Å². The van der Waals surface area contributed by atoms with Crippen LogP contribution in [0.1, 0.15) is 65.7 Å². The first-order chi connectivity index (χ1) is 24.1. The van der Waals surface area contributed by atoms with Crippen molar-refractivity contribution in [3.63, 3.8) is 0 Å². The fraction of sp³-hybridized carbons (Fsp3) is 0.474. The Bertz CT molecular complexity index is 1870. The zero-order valence-corrected chi connectivity index (χ0v) is 30.0. The highest BCUT2D eigenvalue weighted by Gasteiger charge is 2.53. The van der Waals surface area contributed by atoms with E-state index in [1.807, 2.05) is 22.6 Å². The van der Waals surface area contributed by atoms with Crippen LogP contribution in [0.15, 0.2) is 63.3 Å². The number of hydrogen-bond donors (Lipinski definition) is 3. The molecule has 3 atom stereocenters. The molecule has 264 valence electrons. The molecule has 4 bridgehead atoms. The van der Waals surface area contributed by atoms with E-state index in [4.69, 9.17) is 13.9 Å². The summed E-state index contributed by atoms with van der Waals surface area (Å²) in [5, 5.41) is 24.9. The molecular weight excluding hydrogens is 755 g/mol. The summed E-state index contributed by atoms with van der Waals surface area (Å²) in [6.45, 7) is 0.0656. The molecule has 1 heterocycles. The molecule has 3 aromatic rings. The molecular formula is C38H41IN2O9. The molecule has 0 radical (unpaired) electrons. The third-order valence-corrected chi connectivity index (χ3v) is 11.9. The summed E-state index contributed by atoms with van der Waals surface area (Å²) in [6.07, 6.45) is 6.29. The molecule has 0 saturated heterocycles. The molecule has 4 fully saturated rings. The van der Waals surface area contributed by atoms with Crippen LogP contribution >= 0.6 is 22.6 Å². The van der Waals surface area contributed by atoms with Crippen molar-refractivity contribution in [1.29, 1.82) is 0 Å². The maximum absolute atomic E-state index is 14.8. The number of aldehydes is 1. The SMILES string of the molecule is COc1cc(C=O)cc(I)c1OC1C=C(C(=O)NCCO)CC(N(CC23CC4CC(CC(C4)C2)C3)C(=O)c2cc3ccccc3oc2=O)C1O. The van der Waals surface area contributed by atoms with Crippen molar-refractivity contribution in [2.75, 3.05) is 26.8 Å². The number of amides is 2. The third kappa shape index (κ3) is 6.69. The minimum atomic E-state index is -1.32. The first kappa shape index (κ1) is 34.7. The lowest BCUT2D eigenvalue weighted by Gasteiger charge is -2.58. The number of carbonyl (C=O) groups is 3. The van der Waals surface area contributed by atoms with Gasteiger partial charge in [0.25, 0.3) is 5.91 Å². The van der Waals surface area contributed by atoms with Gasteiger partial charge in [-0.15, -0.1) is 0 Å². The highest BCUT2D eigenvalue weighted by Crippen LogP contribution is 2.60. The monoisotopic (exact) mass is 796 g/mol. The number of aliphatic hydroxyl groups is 2. The van der Waals surface area contributed by atoms with E-state index in [0.29, 0.717) is 50.7 Å². The molecule has 3 unspecified atom stereocenters. The van der Waals surface area contributed by atoms with Crippen LogP contribution in [-0.2, 0) is 4.79 Å². The van der Waals surface area contributed by atoms with E-state index in [9.17, 15) is 29.4 Å². The molecule has 50 heavy (non-hydrogen) atoms. The number of rotatable bonds is 11. The number of nitrogens with one attached hydrogen (secondary N) is 1. The van der Waals surface area contributed by atoms with Crippen molar-refractivity contribution >= 4 is 51.7 Å². The van der Waals surface area contributed by atoms with Crippen molar-refractivity contribution in [1.82, 2.24) is 10.2 Å². The Labute approximate surface area is 303 Å². The molecule has 12 heteroatoms. The smallest absolute Gasteiger partial charge is 0.349 e. The van der Waals surface area contributed by atoms with E-state index in [-0.39, 0.29) is 47.6 Å². The maximum atomic E-state index is 14.8. The fourth-order valence-corrected chi connectivity index (χ4v) is 10.1. The number of halogens is 1. The van der Waals surface area contributed by atoms with E-state index >= 15 is 0 Å². The summed E-state index contributed by atoms with van der Waals surface area (Å²) in [7, 11) is 1.44. The van der Waals surface area contributed by atoms with E-state index in [1.54, 1.807) is 41.3 Å². The molecule has 0 spiro atoms. The second kappa shape index (κ2) is 14.1. The number of benzene rings is 2. The fourth-order valence-electron chi connectivity index (χ4n) is 9.39. The average molecular weight is 797 g/mol. The lowest BCUT2D eigenvalue weighted by atomic mass is 9.49. The topological polar surface area (TPSA) is 156 Å².